The zero-order valence-corrected chi connectivity index (χ0v) is 14.2. The van der Waals surface area contributed by atoms with Crippen molar-refractivity contribution in [1.29, 1.82) is 0 Å². The molecule has 10 heteroatoms. The highest BCUT2D eigenvalue weighted by Gasteiger charge is 2.34. The van der Waals surface area contributed by atoms with E-state index in [2.05, 4.69) is 14.5 Å². The predicted molar refractivity (Wildman–Crippen MR) is 88.4 cm³/mol. The Balaban J connectivity index is 2.13. The van der Waals surface area contributed by atoms with Gasteiger partial charge in [0, 0.05) is 34.6 Å². The molecule has 0 radical (unpaired) electrons. The number of halogens is 7. The second kappa shape index (κ2) is 7.61. The fourth-order valence-corrected chi connectivity index (χ4v) is 2.63. The summed E-state index contributed by atoms with van der Waals surface area (Å²) in [6.45, 7) is 0. The van der Waals surface area contributed by atoms with Crippen LogP contribution >= 0.6 is 0 Å². The van der Waals surface area contributed by atoms with Crippen LogP contribution in [0.5, 0.6) is 11.5 Å². The molecule has 152 valence electrons. The first-order valence-electron chi connectivity index (χ1n) is 7.89. The Morgan fingerprint density at radius 3 is 1.34 bits per heavy atom. The van der Waals surface area contributed by atoms with Crippen molar-refractivity contribution >= 4 is 0 Å². The molecule has 0 amide bonds. The predicted octanol–water partition coefficient (Wildman–Crippen LogP) is 6.35. The topological polar surface area (TPSA) is 31.4 Å². The molecule has 0 saturated carbocycles. The molecule has 1 heterocycles. The molecule has 0 unspecified atom stereocenters. The Bertz CT molecular complexity index is 938. The fraction of sp³-hybridized carbons (Fsp3) is 0.105. The fourth-order valence-electron chi connectivity index (χ4n) is 2.63. The maximum Gasteiger partial charge on any atom is 0.573 e. The van der Waals surface area contributed by atoms with Crippen LogP contribution in [0.1, 0.15) is 0 Å². The number of aromatic nitrogens is 1. The van der Waals surface area contributed by atoms with Crippen molar-refractivity contribution in [2.24, 2.45) is 0 Å². The van der Waals surface area contributed by atoms with Crippen LogP contribution in [0, 0.1) is 5.82 Å². The van der Waals surface area contributed by atoms with E-state index >= 15 is 4.39 Å². The summed E-state index contributed by atoms with van der Waals surface area (Å²) < 4.78 is 98.8. The zero-order valence-electron chi connectivity index (χ0n) is 14.2. The van der Waals surface area contributed by atoms with Gasteiger partial charge < -0.3 is 9.47 Å². The van der Waals surface area contributed by atoms with Crippen LogP contribution in [0.25, 0.3) is 22.3 Å². The van der Waals surface area contributed by atoms with Crippen molar-refractivity contribution in [3.63, 3.8) is 0 Å². The van der Waals surface area contributed by atoms with Gasteiger partial charge in [0.2, 0.25) is 0 Å². The van der Waals surface area contributed by atoms with E-state index in [-0.39, 0.29) is 22.3 Å². The summed E-state index contributed by atoms with van der Waals surface area (Å²) in [5, 5.41) is 0. The third-order valence-electron chi connectivity index (χ3n) is 3.69. The Morgan fingerprint density at radius 2 is 0.966 bits per heavy atom. The molecule has 0 fully saturated rings. The van der Waals surface area contributed by atoms with E-state index < -0.39 is 30.0 Å². The largest absolute Gasteiger partial charge is 0.573 e. The van der Waals surface area contributed by atoms with Crippen molar-refractivity contribution in [2.75, 3.05) is 0 Å². The maximum absolute atomic E-state index is 15.2. The highest BCUT2D eigenvalue weighted by atomic mass is 19.4. The summed E-state index contributed by atoms with van der Waals surface area (Å²) in [4.78, 5) is 3.76. The van der Waals surface area contributed by atoms with Crippen LogP contribution in [0.15, 0.2) is 60.9 Å². The van der Waals surface area contributed by atoms with Gasteiger partial charge in [0.25, 0.3) is 0 Å². The molecule has 2 aromatic carbocycles. The molecule has 0 spiro atoms. The number of hydrogen-bond acceptors (Lipinski definition) is 3. The summed E-state index contributed by atoms with van der Waals surface area (Å²) in [7, 11) is 0. The maximum atomic E-state index is 15.2. The van der Waals surface area contributed by atoms with Gasteiger partial charge >= 0.3 is 12.7 Å². The van der Waals surface area contributed by atoms with Gasteiger partial charge in [-0.2, -0.15) is 0 Å². The molecule has 0 aliphatic heterocycles. The number of para-hydroxylation sites is 2. The van der Waals surface area contributed by atoms with Gasteiger partial charge in [-0.05, 0) is 12.1 Å². The lowest BCUT2D eigenvalue weighted by Crippen LogP contribution is -2.18. The molecule has 3 rings (SSSR count). The summed E-state index contributed by atoms with van der Waals surface area (Å²) in [6.07, 6.45) is -8.15. The molecular formula is C19H10F7NO2. The van der Waals surface area contributed by atoms with E-state index in [1.54, 1.807) is 0 Å². The highest BCUT2D eigenvalue weighted by molar-refractivity contribution is 5.78. The van der Waals surface area contributed by atoms with E-state index in [0.717, 1.165) is 24.5 Å². The monoisotopic (exact) mass is 417 g/mol. The molecule has 29 heavy (non-hydrogen) atoms. The molecule has 0 aliphatic carbocycles. The molecule has 0 N–H and O–H groups in total. The number of nitrogens with zero attached hydrogens (tertiary/aromatic N) is 1. The zero-order chi connectivity index (χ0) is 21.2. The number of rotatable bonds is 4. The van der Waals surface area contributed by atoms with E-state index in [0.29, 0.717) is 0 Å². The van der Waals surface area contributed by atoms with Crippen molar-refractivity contribution < 1.29 is 40.2 Å². The van der Waals surface area contributed by atoms with E-state index in [4.69, 9.17) is 0 Å². The number of ether oxygens (including phenoxy) is 2. The number of alkyl halides is 6. The average molecular weight is 417 g/mol. The minimum Gasteiger partial charge on any atom is -0.405 e. The first-order chi connectivity index (χ1) is 13.6. The van der Waals surface area contributed by atoms with Gasteiger partial charge in [-0.1, -0.05) is 36.4 Å². The lowest BCUT2D eigenvalue weighted by molar-refractivity contribution is -0.275. The van der Waals surface area contributed by atoms with E-state index in [9.17, 15) is 26.3 Å². The second-order valence-corrected chi connectivity index (χ2v) is 5.64. The Kier molecular flexibility index (Phi) is 5.36. The number of pyridine rings is 1. The highest BCUT2D eigenvalue weighted by Crippen LogP contribution is 2.40. The van der Waals surface area contributed by atoms with Gasteiger partial charge in [0.05, 0.1) is 0 Å². The van der Waals surface area contributed by atoms with Crippen molar-refractivity contribution in [1.82, 2.24) is 4.98 Å². The SMILES string of the molecule is Fc1c(-c2ccccc2OC(F)(F)F)cncc1-c1ccccc1OC(F)(F)F. The van der Waals surface area contributed by atoms with Gasteiger partial charge in [0.1, 0.15) is 17.3 Å². The Labute approximate surface area is 159 Å². The summed E-state index contributed by atoms with van der Waals surface area (Å²) >= 11 is 0. The quantitative estimate of drug-likeness (QED) is 0.464. The first-order valence-corrected chi connectivity index (χ1v) is 7.89. The van der Waals surface area contributed by atoms with Crippen LogP contribution in [0.4, 0.5) is 30.7 Å². The van der Waals surface area contributed by atoms with Gasteiger partial charge in [-0.3, -0.25) is 4.98 Å². The summed E-state index contributed by atoms with van der Waals surface area (Å²) in [5.41, 5.74) is -1.31. The minimum atomic E-state index is -5.02. The van der Waals surface area contributed by atoms with Crippen LogP contribution < -0.4 is 9.47 Å². The smallest absolute Gasteiger partial charge is 0.405 e. The third kappa shape index (κ3) is 4.95. The second-order valence-electron chi connectivity index (χ2n) is 5.64. The van der Waals surface area contributed by atoms with Crippen LogP contribution in [0.3, 0.4) is 0 Å². The van der Waals surface area contributed by atoms with Crippen LogP contribution in [0.2, 0.25) is 0 Å². The molecule has 0 saturated heterocycles. The molecule has 3 aromatic rings. The van der Waals surface area contributed by atoms with Gasteiger partial charge in [-0.15, -0.1) is 26.3 Å². The van der Waals surface area contributed by atoms with E-state index in [1.807, 2.05) is 0 Å². The van der Waals surface area contributed by atoms with Gasteiger partial charge in [0.15, 0.2) is 0 Å². The lowest BCUT2D eigenvalue weighted by Gasteiger charge is -2.16. The molecular weight excluding hydrogens is 407 g/mol. The van der Waals surface area contributed by atoms with Crippen LogP contribution in [-0.2, 0) is 0 Å². The molecule has 3 nitrogen and oxygen atoms in total. The number of benzene rings is 2. The molecule has 1 aromatic heterocycles. The normalized spacial score (nSPS) is 12.0. The minimum absolute atomic E-state index is 0.272. The van der Waals surface area contributed by atoms with Crippen LogP contribution in [-0.4, -0.2) is 17.7 Å². The number of hydrogen-bond donors (Lipinski definition) is 0. The Morgan fingerprint density at radius 1 is 0.586 bits per heavy atom. The standard InChI is InChI=1S/C19H10F7NO2/c20-17-13(11-5-1-3-7-15(11)28-18(21,22)23)9-27-10-14(17)12-6-2-4-8-16(12)29-19(24,25)26/h1-10H. The van der Waals surface area contributed by atoms with Crippen molar-refractivity contribution in [3.05, 3.63) is 66.7 Å². The Hall–Kier alpha value is -3.30. The summed E-state index contributed by atoms with van der Waals surface area (Å²) in [5.74, 6) is -2.45. The molecule has 0 aliphatic rings. The first kappa shape index (κ1) is 20.4. The van der Waals surface area contributed by atoms with Gasteiger partial charge in [-0.25, -0.2) is 4.39 Å². The average Bonchev–Trinajstić information content (AvgIpc) is 2.61. The lowest BCUT2D eigenvalue weighted by atomic mass is 9.99. The summed E-state index contributed by atoms with van der Waals surface area (Å²) in [6, 6.07) is 9.52. The van der Waals surface area contributed by atoms with Crippen molar-refractivity contribution in [3.8, 4) is 33.8 Å². The third-order valence-corrected chi connectivity index (χ3v) is 3.69. The molecule has 0 bridgehead atoms. The molecule has 0 atom stereocenters. The van der Waals surface area contributed by atoms with E-state index in [1.165, 1.54) is 36.4 Å². The van der Waals surface area contributed by atoms with Crippen molar-refractivity contribution in [2.45, 2.75) is 12.7 Å².